The molecule has 1 atom stereocenters. The van der Waals surface area contributed by atoms with Crippen molar-refractivity contribution in [3.05, 3.63) is 69.7 Å². The number of hydrogen-bond acceptors (Lipinski definition) is 0. The van der Waals surface area contributed by atoms with Crippen LogP contribution < -0.4 is 0 Å². The lowest BCUT2D eigenvalue weighted by Gasteiger charge is -2.13. The maximum Gasteiger partial charge on any atom is 0.129 e. The Balaban J connectivity index is 2.22. The van der Waals surface area contributed by atoms with Gasteiger partial charge in [0.25, 0.3) is 0 Å². The van der Waals surface area contributed by atoms with E-state index in [-0.39, 0.29) is 11.6 Å². The summed E-state index contributed by atoms with van der Waals surface area (Å²) >= 11 is 9.52. The summed E-state index contributed by atoms with van der Waals surface area (Å²) in [5.41, 5.74) is 1.30. The molecule has 18 heavy (non-hydrogen) atoms. The maximum atomic E-state index is 13.7. The molecule has 0 fully saturated rings. The topological polar surface area (TPSA) is 0 Å². The van der Waals surface area contributed by atoms with Gasteiger partial charge in [-0.2, -0.15) is 0 Å². The second-order valence-electron chi connectivity index (χ2n) is 3.93. The van der Waals surface area contributed by atoms with Crippen molar-refractivity contribution in [2.45, 2.75) is 11.8 Å². The Bertz CT molecular complexity index is 520. The molecule has 0 N–H and O–H groups in total. The van der Waals surface area contributed by atoms with Crippen molar-refractivity contribution in [1.82, 2.24) is 0 Å². The largest absolute Gasteiger partial charge is 0.207 e. The van der Waals surface area contributed by atoms with Crippen LogP contribution in [0.25, 0.3) is 0 Å². The number of alkyl halides is 1. The molecule has 0 bridgehead atoms. The molecule has 0 aliphatic rings. The fourth-order valence-electron chi connectivity index (χ4n) is 1.74. The van der Waals surface area contributed by atoms with E-state index >= 15 is 0 Å². The predicted molar refractivity (Wildman–Crippen MR) is 72.8 cm³/mol. The zero-order valence-electron chi connectivity index (χ0n) is 9.34. The van der Waals surface area contributed by atoms with Crippen LogP contribution in [0.1, 0.15) is 16.5 Å². The van der Waals surface area contributed by atoms with Crippen molar-refractivity contribution < 1.29 is 8.78 Å². The molecule has 2 aromatic rings. The van der Waals surface area contributed by atoms with E-state index in [0.717, 1.165) is 5.56 Å². The van der Waals surface area contributed by atoms with Crippen LogP contribution in [0.15, 0.2) is 46.9 Å². The highest BCUT2D eigenvalue weighted by molar-refractivity contribution is 9.10. The summed E-state index contributed by atoms with van der Waals surface area (Å²) in [7, 11) is 0. The lowest BCUT2D eigenvalue weighted by atomic mass is 10.0. The van der Waals surface area contributed by atoms with Crippen LogP contribution in [0.5, 0.6) is 0 Å². The van der Waals surface area contributed by atoms with Crippen LogP contribution in [0.2, 0.25) is 0 Å². The van der Waals surface area contributed by atoms with Crippen molar-refractivity contribution in [3.8, 4) is 0 Å². The van der Waals surface area contributed by atoms with Gasteiger partial charge in [0.1, 0.15) is 11.6 Å². The van der Waals surface area contributed by atoms with Crippen LogP contribution in [0, 0.1) is 11.6 Å². The first-order valence-corrected chi connectivity index (χ1v) is 6.63. The third kappa shape index (κ3) is 3.09. The Morgan fingerprint density at radius 1 is 1.06 bits per heavy atom. The van der Waals surface area contributed by atoms with Gasteiger partial charge in [-0.3, -0.25) is 0 Å². The fraction of sp³-hybridized carbons (Fsp3) is 0.143. The Morgan fingerprint density at radius 2 is 1.72 bits per heavy atom. The molecule has 2 aromatic carbocycles. The van der Waals surface area contributed by atoms with E-state index in [1.165, 1.54) is 18.2 Å². The highest BCUT2D eigenvalue weighted by atomic mass is 79.9. The van der Waals surface area contributed by atoms with E-state index in [4.69, 9.17) is 11.6 Å². The molecule has 0 nitrogen and oxygen atoms in total. The molecule has 0 aliphatic carbocycles. The van der Waals surface area contributed by atoms with Crippen LogP contribution in [0.3, 0.4) is 0 Å². The third-order valence-corrected chi connectivity index (χ3v) is 3.71. The molecule has 0 aliphatic heterocycles. The molecule has 0 aromatic heterocycles. The second-order valence-corrected chi connectivity index (χ2v) is 5.31. The predicted octanol–water partition coefficient (Wildman–Crippen LogP) is 5.25. The van der Waals surface area contributed by atoms with Gasteiger partial charge in [0.05, 0.1) is 5.38 Å². The van der Waals surface area contributed by atoms with Crippen molar-refractivity contribution in [2.24, 2.45) is 0 Å². The lowest BCUT2D eigenvalue weighted by molar-refractivity contribution is 0.603. The third-order valence-electron chi connectivity index (χ3n) is 2.64. The molecule has 0 saturated carbocycles. The van der Waals surface area contributed by atoms with E-state index in [1.54, 1.807) is 24.3 Å². The minimum atomic E-state index is -0.494. The molecule has 94 valence electrons. The van der Waals surface area contributed by atoms with Crippen LogP contribution in [-0.4, -0.2) is 0 Å². The quantitative estimate of drug-likeness (QED) is 0.674. The smallest absolute Gasteiger partial charge is 0.129 e. The van der Waals surface area contributed by atoms with Crippen LogP contribution >= 0.6 is 27.5 Å². The first kappa shape index (κ1) is 13.5. The molecule has 2 rings (SSSR count). The molecule has 0 saturated heterocycles. The molecule has 1 unspecified atom stereocenters. The van der Waals surface area contributed by atoms with Crippen LogP contribution in [0.4, 0.5) is 8.78 Å². The van der Waals surface area contributed by atoms with E-state index < -0.39 is 5.38 Å². The van der Waals surface area contributed by atoms with Crippen molar-refractivity contribution in [2.75, 3.05) is 0 Å². The summed E-state index contributed by atoms with van der Waals surface area (Å²) in [5, 5.41) is -0.494. The van der Waals surface area contributed by atoms with Gasteiger partial charge in [-0.15, -0.1) is 11.6 Å². The van der Waals surface area contributed by atoms with E-state index in [2.05, 4.69) is 15.9 Å². The summed E-state index contributed by atoms with van der Waals surface area (Å²) in [6.07, 6.45) is 0.446. The van der Waals surface area contributed by atoms with E-state index in [1.807, 2.05) is 0 Å². The Labute approximate surface area is 118 Å². The highest BCUT2D eigenvalue weighted by Crippen LogP contribution is 2.33. The normalized spacial score (nSPS) is 12.4. The average Bonchev–Trinajstić information content (AvgIpc) is 2.32. The summed E-state index contributed by atoms with van der Waals surface area (Å²) in [6, 6.07) is 10.8. The lowest BCUT2D eigenvalue weighted by Crippen LogP contribution is -2.00. The number of rotatable bonds is 3. The zero-order chi connectivity index (χ0) is 13.1. The van der Waals surface area contributed by atoms with Crippen molar-refractivity contribution >= 4 is 27.5 Å². The molecule has 0 spiro atoms. The zero-order valence-corrected chi connectivity index (χ0v) is 11.7. The van der Waals surface area contributed by atoms with Gasteiger partial charge in [0.2, 0.25) is 0 Å². The summed E-state index contributed by atoms with van der Waals surface area (Å²) in [4.78, 5) is 0. The molecule has 0 amide bonds. The Kier molecular flexibility index (Phi) is 4.36. The van der Waals surface area contributed by atoms with Gasteiger partial charge in [0, 0.05) is 10.0 Å². The van der Waals surface area contributed by atoms with Crippen LogP contribution in [-0.2, 0) is 6.42 Å². The maximum absolute atomic E-state index is 13.7. The second kappa shape index (κ2) is 5.81. The highest BCUT2D eigenvalue weighted by Gasteiger charge is 2.16. The SMILES string of the molecule is Fc1ccc(CC(Cl)c2c(F)cccc2Br)cc1. The molecular weight excluding hydrogens is 322 g/mol. The monoisotopic (exact) mass is 330 g/mol. The van der Waals surface area contributed by atoms with E-state index in [0.29, 0.717) is 16.5 Å². The van der Waals surface area contributed by atoms with Gasteiger partial charge in [-0.25, -0.2) is 8.78 Å². The molecule has 0 heterocycles. The first-order valence-electron chi connectivity index (χ1n) is 5.40. The fourth-order valence-corrected chi connectivity index (χ4v) is 2.89. The summed E-state index contributed by atoms with van der Waals surface area (Å²) in [6.45, 7) is 0. The van der Waals surface area contributed by atoms with Gasteiger partial charge in [0.15, 0.2) is 0 Å². The Morgan fingerprint density at radius 3 is 2.33 bits per heavy atom. The van der Waals surface area contributed by atoms with Gasteiger partial charge >= 0.3 is 0 Å². The molecule has 0 radical (unpaired) electrons. The van der Waals surface area contributed by atoms with Crippen molar-refractivity contribution in [1.29, 1.82) is 0 Å². The minimum Gasteiger partial charge on any atom is -0.207 e. The van der Waals surface area contributed by atoms with E-state index in [9.17, 15) is 8.78 Å². The van der Waals surface area contributed by atoms with Gasteiger partial charge in [-0.05, 0) is 36.2 Å². The summed E-state index contributed by atoms with van der Waals surface area (Å²) in [5.74, 6) is -0.636. The molecular formula is C14H10BrClF2. The first-order chi connectivity index (χ1) is 8.58. The average molecular weight is 332 g/mol. The van der Waals surface area contributed by atoms with Crippen molar-refractivity contribution in [3.63, 3.8) is 0 Å². The number of benzene rings is 2. The standard InChI is InChI=1S/C14H10BrClF2/c15-11-2-1-3-13(18)14(11)12(16)8-9-4-6-10(17)7-5-9/h1-7,12H,8H2. The minimum absolute atomic E-state index is 0.294. The van der Waals surface area contributed by atoms with Gasteiger partial charge < -0.3 is 0 Å². The molecule has 4 heteroatoms. The van der Waals surface area contributed by atoms with Gasteiger partial charge in [-0.1, -0.05) is 34.1 Å². The Hall–Kier alpha value is -0.930. The number of halogens is 4. The number of hydrogen-bond donors (Lipinski definition) is 0. The summed E-state index contributed by atoms with van der Waals surface area (Å²) < 4.78 is 27.1.